The molecule has 7 heavy (non-hydrogen) atoms. The van der Waals surface area contributed by atoms with Gasteiger partial charge in [0.2, 0.25) is 5.91 Å². The normalized spacial score (nSPS) is 30.4. The Morgan fingerprint density at radius 1 is 1.86 bits per heavy atom. The van der Waals surface area contributed by atoms with E-state index < -0.39 is 0 Å². The van der Waals surface area contributed by atoms with Gasteiger partial charge >= 0.3 is 0 Å². The third-order valence-corrected chi connectivity index (χ3v) is 1.63. The number of rotatable bonds is 0. The van der Waals surface area contributed by atoms with Gasteiger partial charge in [0.15, 0.2) is 0 Å². The van der Waals surface area contributed by atoms with Crippen LogP contribution in [0.25, 0.3) is 0 Å². The zero-order valence-corrected chi connectivity index (χ0v) is 5.36. The van der Waals surface area contributed by atoms with Crippen molar-refractivity contribution in [3.63, 3.8) is 0 Å². The summed E-state index contributed by atoms with van der Waals surface area (Å²) in [5, 5.41) is 2.69. The number of hydrogen-bond acceptors (Lipinski definition) is 1. The van der Waals surface area contributed by atoms with Gasteiger partial charge in [0.05, 0.1) is 4.95 Å². The van der Waals surface area contributed by atoms with Crippen molar-refractivity contribution >= 4 is 21.8 Å². The SMILES string of the molecule is O=C1CCC(Br)N1. The molecule has 0 bridgehead atoms. The molecule has 1 aliphatic heterocycles. The molecule has 0 spiro atoms. The average Bonchev–Trinajstić information content (AvgIpc) is 1.87. The Morgan fingerprint density at radius 2 is 2.57 bits per heavy atom. The Bertz CT molecular complexity index is 93.7. The monoisotopic (exact) mass is 163 g/mol. The van der Waals surface area contributed by atoms with E-state index in [-0.39, 0.29) is 10.9 Å². The summed E-state index contributed by atoms with van der Waals surface area (Å²) in [6.45, 7) is 0. The second-order valence-electron chi connectivity index (χ2n) is 1.57. The lowest BCUT2D eigenvalue weighted by molar-refractivity contribution is -0.119. The second-order valence-corrected chi connectivity index (χ2v) is 2.68. The first-order valence-electron chi connectivity index (χ1n) is 2.22. The van der Waals surface area contributed by atoms with Crippen molar-refractivity contribution in [2.24, 2.45) is 0 Å². The maximum absolute atomic E-state index is 10.3. The fourth-order valence-corrected chi connectivity index (χ4v) is 1.06. The Hall–Kier alpha value is -0.0500. The lowest BCUT2D eigenvalue weighted by Crippen LogP contribution is -2.18. The lowest BCUT2D eigenvalue weighted by Gasteiger charge is -1.93. The van der Waals surface area contributed by atoms with Crippen LogP contribution in [0.1, 0.15) is 12.8 Å². The predicted octanol–water partition coefficient (Wildman–Crippen LogP) is 0.617. The maximum atomic E-state index is 10.3. The van der Waals surface area contributed by atoms with Gasteiger partial charge in [-0.15, -0.1) is 0 Å². The fraction of sp³-hybridized carbons (Fsp3) is 0.750. The minimum Gasteiger partial charge on any atom is -0.344 e. The number of halogens is 1. The molecule has 1 unspecified atom stereocenters. The molecule has 1 rings (SSSR count). The van der Waals surface area contributed by atoms with E-state index in [0.717, 1.165) is 6.42 Å². The van der Waals surface area contributed by atoms with Crippen molar-refractivity contribution in [1.29, 1.82) is 0 Å². The van der Waals surface area contributed by atoms with Gasteiger partial charge in [-0.2, -0.15) is 0 Å². The van der Waals surface area contributed by atoms with Crippen LogP contribution in [0, 0.1) is 0 Å². The van der Waals surface area contributed by atoms with Crippen molar-refractivity contribution in [2.45, 2.75) is 17.8 Å². The van der Waals surface area contributed by atoms with Crippen LogP contribution in [0.2, 0.25) is 0 Å². The summed E-state index contributed by atoms with van der Waals surface area (Å²) in [6.07, 6.45) is 1.61. The Balaban J connectivity index is 2.40. The second kappa shape index (κ2) is 1.82. The number of carbonyl (C=O) groups excluding carboxylic acids is 1. The summed E-state index contributed by atoms with van der Waals surface area (Å²) in [4.78, 5) is 10.5. The Labute approximate surface area is 50.4 Å². The van der Waals surface area contributed by atoms with Crippen molar-refractivity contribution in [3.8, 4) is 0 Å². The lowest BCUT2D eigenvalue weighted by atomic mass is 10.4. The van der Waals surface area contributed by atoms with E-state index >= 15 is 0 Å². The quantitative estimate of drug-likeness (QED) is 0.412. The molecule has 0 aromatic heterocycles. The molecule has 1 fully saturated rings. The van der Waals surface area contributed by atoms with Crippen molar-refractivity contribution < 1.29 is 4.79 Å². The summed E-state index contributed by atoms with van der Waals surface area (Å²) >= 11 is 3.25. The first kappa shape index (κ1) is 5.09. The number of carbonyl (C=O) groups is 1. The van der Waals surface area contributed by atoms with Gasteiger partial charge in [-0.3, -0.25) is 4.79 Å². The molecule has 2 nitrogen and oxygen atoms in total. The van der Waals surface area contributed by atoms with Crippen molar-refractivity contribution in [3.05, 3.63) is 0 Å². The van der Waals surface area contributed by atoms with Gasteiger partial charge in [-0.25, -0.2) is 0 Å². The number of amides is 1. The molecule has 1 atom stereocenters. The van der Waals surface area contributed by atoms with Gasteiger partial charge in [0.25, 0.3) is 0 Å². The topological polar surface area (TPSA) is 29.1 Å². The smallest absolute Gasteiger partial charge is 0.220 e. The maximum Gasteiger partial charge on any atom is 0.220 e. The van der Waals surface area contributed by atoms with Crippen LogP contribution in [0.3, 0.4) is 0 Å². The first-order valence-corrected chi connectivity index (χ1v) is 3.14. The van der Waals surface area contributed by atoms with Crippen LogP contribution < -0.4 is 5.32 Å². The summed E-state index contributed by atoms with van der Waals surface area (Å²) in [6, 6.07) is 0. The molecule has 0 saturated carbocycles. The summed E-state index contributed by atoms with van der Waals surface area (Å²) < 4.78 is 0. The minimum atomic E-state index is 0.155. The van der Waals surface area contributed by atoms with E-state index in [4.69, 9.17) is 0 Å². The van der Waals surface area contributed by atoms with Crippen molar-refractivity contribution in [1.82, 2.24) is 5.32 Å². The predicted molar refractivity (Wildman–Crippen MR) is 30.1 cm³/mol. The Morgan fingerprint density at radius 3 is 2.71 bits per heavy atom. The first-order chi connectivity index (χ1) is 3.29. The van der Waals surface area contributed by atoms with E-state index in [2.05, 4.69) is 21.2 Å². The molecule has 0 aromatic carbocycles. The van der Waals surface area contributed by atoms with Crippen LogP contribution in [0.5, 0.6) is 0 Å². The summed E-state index contributed by atoms with van der Waals surface area (Å²) in [5.41, 5.74) is 0. The highest BCUT2D eigenvalue weighted by molar-refractivity contribution is 9.09. The fourth-order valence-electron chi connectivity index (χ4n) is 0.577. The number of nitrogens with one attached hydrogen (secondary N) is 1. The van der Waals surface area contributed by atoms with Gasteiger partial charge in [-0.05, 0) is 6.42 Å². The highest BCUT2D eigenvalue weighted by Gasteiger charge is 2.16. The molecule has 0 aliphatic carbocycles. The van der Waals surface area contributed by atoms with E-state index in [1.165, 1.54) is 0 Å². The molecule has 1 heterocycles. The average molecular weight is 164 g/mol. The zero-order chi connectivity index (χ0) is 5.28. The van der Waals surface area contributed by atoms with E-state index in [1.54, 1.807) is 0 Å². The number of hydrogen-bond donors (Lipinski definition) is 1. The molecule has 1 N–H and O–H groups in total. The van der Waals surface area contributed by atoms with Crippen LogP contribution >= 0.6 is 15.9 Å². The Kier molecular flexibility index (Phi) is 1.32. The van der Waals surface area contributed by atoms with Gasteiger partial charge in [0, 0.05) is 6.42 Å². The summed E-state index contributed by atoms with van der Waals surface area (Å²) in [7, 11) is 0. The van der Waals surface area contributed by atoms with Gasteiger partial charge in [-0.1, -0.05) is 15.9 Å². The van der Waals surface area contributed by atoms with Crippen LogP contribution in [-0.2, 0) is 4.79 Å². The zero-order valence-electron chi connectivity index (χ0n) is 3.78. The third-order valence-electron chi connectivity index (χ3n) is 0.942. The molecular formula is C4H6BrNO. The molecular weight excluding hydrogens is 158 g/mol. The third kappa shape index (κ3) is 1.16. The highest BCUT2D eigenvalue weighted by Crippen LogP contribution is 2.10. The molecule has 1 amide bonds. The van der Waals surface area contributed by atoms with Crippen LogP contribution in [-0.4, -0.2) is 10.9 Å². The van der Waals surface area contributed by atoms with Gasteiger partial charge < -0.3 is 5.32 Å². The highest BCUT2D eigenvalue weighted by atomic mass is 79.9. The van der Waals surface area contributed by atoms with E-state index in [0.29, 0.717) is 6.42 Å². The molecule has 0 aromatic rings. The van der Waals surface area contributed by atoms with Crippen LogP contribution in [0.15, 0.2) is 0 Å². The summed E-state index contributed by atoms with van der Waals surface area (Å²) in [5.74, 6) is 0.155. The molecule has 40 valence electrons. The molecule has 1 aliphatic rings. The molecule has 0 radical (unpaired) electrons. The minimum absolute atomic E-state index is 0.155. The number of alkyl halides is 1. The van der Waals surface area contributed by atoms with E-state index in [1.807, 2.05) is 0 Å². The standard InChI is InChI=1S/C4H6BrNO/c5-3-1-2-4(7)6-3/h3H,1-2H2,(H,6,7). The largest absolute Gasteiger partial charge is 0.344 e. The van der Waals surface area contributed by atoms with Crippen LogP contribution in [0.4, 0.5) is 0 Å². The van der Waals surface area contributed by atoms with E-state index in [9.17, 15) is 4.79 Å². The van der Waals surface area contributed by atoms with Gasteiger partial charge in [0.1, 0.15) is 0 Å². The molecule has 1 saturated heterocycles. The van der Waals surface area contributed by atoms with Crippen molar-refractivity contribution in [2.75, 3.05) is 0 Å². The molecule has 3 heteroatoms.